The van der Waals surface area contributed by atoms with Crippen LogP contribution in [-0.4, -0.2) is 23.8 Å². The van der Waals surface area contributed by atoms with E-state index in [9.17, 15) is 9.59 Å². The number of benzene rings is 1. The van der Waals surface area contributed by atoms with Crippen LogP contribution in [0.4, 0.5) is 10.8 Å². The number of carbonyl (C=O) groups is 2. The van der Waals surface area contributed by atoms with Crippen LogP contribution in [0.15, 0.2) is 29.6 Å². The Morgan fingerprint density at radius 3 is 2.64 bits per heavy atom. The van der Waals surface area contributed by atoms with E-state index in [-0.39, 0.29) is 18.2 Å². The molecule has 1 heterocycles. The molecule has 0 saturated heterocycles. The molecule has 1 aromatic carbocycles. The van der Waals surface area contributed by atoms with E-state index in [1.54, 1.807) is 48.5 Å². The molecule has 0 aliphatic rings. The lowest BCUT2D eigenvalue weighted by molar-refractivity contribution is -0.118. The monoisotopic (exact) mass is 337 g/mol. The fourth-order valence-corrected chi connectivity index (χ4v) is 2.59. The van der Waals surface area contributed by atoms with Crippen molar-refractivity contribution >= 4 is 45.6 Å². The van der Waals surface area contributed by atoms with E-state index in [2.05, 4.69) is 10.3 Å². The molecule has 0 unspecified atom stereocenters. The summed E-state index contributed by atoms with van der Waals surface area (Å²) >= 11 is 7.15. The third-order valence-corrected chi connectivity index (χ3v) is 4.10. The molecule has 2 amide bonds. The maximum Gasteiger partial charge on any atom is 0.232 e. The fraction of sp³-hybridized carbons (Fsp3) is 0.267. The first-order chi connectivity index (χ1) is 10.5. The van der Waals surface area contributed by atoms with Crippen LogP contribution in [0, 0.1) is 0 Å². The summed E-state index contributed by atoms with van der Waals surface area (Å²) in [7, 11) is 1.71. The van der Waals surface area contributed by atoms with Crippen molar-refractivity contribution < 1.29 is 9.59 Å². The number of nitrogens with zero attached hydrogens (tertiary/aromatic N) is 2. The SMILES string of the molecule is CCC(=O)Nc1nc(CC(=O)N(C)c2ccc(Cl)cc2)cs1. The lowest BCUT2D eigenvalue weighted by Crippen LogP contribution is -2.27. The highest BCUT2D eigenvalue weighted by Gasteiger charge is 2.14. The summed E-state index contributed by atoms with van der Waals surface area (Å²) in [6.45, 7) is 1.77. The Bertz CT molecular complexity index is 670. The zero-order valence-electron chi connectivity index (χ0n) is 12.3. The lowest BCUT2D eigenvalue weighted by atomic mass is 10.2. The summed E-state index contributed by atoms with van der Waals surface area (Å²) < 4.78 is 0. The first kappa shape index (κ1) is 16.5. The van der Waals surface area contributed by atoms with E-state index in [1.807, 2.05) is 0 Å². The second-order valence-electron chi connectivity index (χ2n) is 4.65. The Hall–Kier alpha value is -1.92. The van der Waals surface area contributed by atoms with Crippen molar-refractivity contribution in [3.05, 3.63) is 40.4 Å². The third-order valence-electron chi connectivity index (χ3n) is 3.04. The molecule has 0 atom stereocenters. The summed E-state index contributed by atoms with van der Waals surface area (Å²) in [6.07, 6.45) is 0.574. The van der Waals surface area contributed by atoms with Crippen LogP contribution in [0.5, 0.6) is 0 Å². The van der Waals surface area contributed by atoms with E-state index in [1.165, 1.54) is 11.3 Å². The minimum absolute atomic E-state index is 0.0824. The Labute approximate surface area is 137 Å². The van der Waals surface area contributed by atoms with Gasteiger partial charge < -0.3 is 10.2 Å². The molecule has 7 heteroatoms. The summed E-state index contributed by atoms with van der Waals surface area (Å²) in [6, 6.07) is 7.05. The molecule has 2 aromatic rings. The third kappa shape index (κ3) is 4.29. The fourth-order valence-electron chi connectivity index (χ4n) is 1.74. The zero-order valence-corrected chi connectivity index (χ0v) is 13.9. The summed E-state index contributed by atoms with van der Waals surface area (Å²) in [5.74, 6) is -0.175. The second-order valence-corrected chi connectivity index (χ2v) is 5.95. The summed E-state index contributed by atoms with van der Waals surface area (Å²) in [4.78, 5) is 29.4. The number of aromatic nitrogens is 1. The number of likely N-dealkylation sites (N-methyl/N-ethyl adjacent to an activating group) is 1. The van der Waals surface area contributed by atoms with Crippen LogP contribution in [0.1, 0.15) is 19.0 Å². The first-order valence-electron chi connectivity index (χ1n) is 6.76. The van der Waals surface area contributed by atoms with Gasteiger partial charge >= 0.3 is 0 Å². The molecule has 116 valence electrons. The molecule has 1 N–H and O–H groups in total. The molecule has 2 rings (SSSR count). The van der Waals surface area contributed by atoms with Gasteiger partial charge in [0.05, 0.1) is 12.1 Å². The van der Waals surface area contributed by atoms with Gasteiger partial charge in [0.25, 0.3) is 0 Å². The van der Waals surface area contributed by atoms with Gasteiger partial charge in [-0.3, -0.25) is 9.59 Å². The average Bonchev–Trinajstić information content (AvgIpc) is 2.94. The molecular weight excluding hydrogens is 322 g/mol. The number of carbonyl (C=O) groups excluding carboxylic acids is 2. The molecule has 0 saturated carbocycles. The van der Waals surface area contributed by atoms with Gasteiger partial charge in [-0.15, -0.1) is 11.3 Å². The van der Waals surface area contributed by atoms with Gasteiger partial charge in [-0.2, -0.15) is 0 Å². The standard InChI is InChI=1S/C15H16ClN3O2S/c1-3-13(20)18-15-17-11(9-22-15)8-14(21)19(2)12-6-4-10(16)5-7-12/h4-7,9H,3,8H2,1-2H3,(H,17,18,20). The van der Waals surface area contributed by atoms with E-state index in [4.69, 9.17) is 11.6 Å². The van der Waals surface area contributed by atoms with Crippen molar-refractivity contribution in [2.24, 2.45) is 0 Å². The van der Waals surface area contributed by atoms with E-state index in [0.717, 1.165) is 5.69 Å². The normalized spacial score (nSPS) is 10.3. The number of halogens is 1. The molecule has 0 aliphatic carbocycles. The van der Waals surface area contributed by atoms with E-state index < -0.39 is 0 Å². The van der Waals surface area contributed by atoms with Crippen LogP contribution in [0.2, 0.25) is 5.02 Å². The highest BCUT2D eigenvalue weighted by Crippen LogP contribution is 2.19. The van der Waals surface area contributed by atoms with E-state index in [0.29, 0.717) is 22.3 Å². The molecule has 0 radical (unpaired) electrons. The molecule has 1 aromatic heterocycles. The minimum Gasteiger partial charge on any atom is -0.315 e. The Morgan fingerprint density at radius 1 is 1.32 bits per heavy atom. The van der Waals surface area contributed by atoms with Crippen molar-refractivity contribution in [2.45, 2.75) is 19.8 Å². The summed E-state index contributed by atoms with van der Waals surface area (Å²) in [5.41, 5.74) is 1.41. The van der Waals surface area contributed by atoms with Crippen LogP contribution in [0.25, 0.3) is 0 Å². The number of anilines is 2. The Morgan fingerprint density at radius 2 is 2.00 bits per heavy atom. The minimum atomic E-state index is -0.0921. The van der Waals surface area contributed by atoms with Gasteiger partial charge in [0, 0.05) is 29.6 Å². The maximum atomic E-state index is 12.3. The smallest absolute Gasteiger partial charge is 0.232 e. The lowest BCUT2D eigenvalue weighted by Gasteiger charge is -2.16. The van der Waals surface area contributed by atoms with Crippen LogP contribution in [-0.2, 0) is 16.0 Å². The van der Waals surface area contributed by atoms with Gasteiger partial charge in [0.15, 0.2) is 5.13 Å². The molecular formula is C15H16ClN3O2S. The van der Waals surface area contributed by atoms with Gasteiger partial charge in [0.2, 0.25) is 11.8 Å². The number of thiazole rings is 1. The predicted molar refractivity (Wildman–Crippen MR) is 89.6 cm³/mol. The zero-order chi connectivity index (χ0) is 16.1. The molecule has 22 heavy (non-hydrogen) atoms. The van der Waals surface area contributed by atoms with Crippen molar-refractivity contribution in [2.75, 3.05) is 17.3 Å². The van der Waals surface area contributed by atoms with Crippen molar-refractivity contribution in [3.8, 4) is 0 Å². The molecule has 0 fully saturated rings. The first-order valence-corrected chi connectivity index (χ1v) is 8.01. The number of rotatable bonds is 5. The highest BCUT2D eigenvalue weighted by atomic mass is 35.5. The second kappa shape index (κ2) is 7.38. The molecule has 0 bridgehead atoms. The average molecular weight is 338 g/mol. The highest BCUT2D eigenvalue weighted by molar-refractivity contribution is 7.13. The molecule has 0 spiro atoms. The van der Waals surface area contributed by atoms with Crippen LogP contribution in [0.3, 0.4) is 0 Å². The maximum absolute atomic E-state index is 12.3. The number of hydrogen-bond donors (Lipinski definition) is 1. The van der Waals surface area contributed by atoms with Crippen molar-refractivity contribution in [1.29, 1.82) is 0 Å². The number of hydrogen-bond acceptors (Lipinski definition) is 4. The van der Waals surface area contributed by atoms with Crippen molar-refractivity contribution in [3.63, 3.8) is 0 Å². The predicted octanol–water partition coefficient (Wildman–Crippen LogP) is 3.35. The van der Waals surface area contributed by atoms with Crippen LogP contribution < -0.4 is 10.2 Å². The van der Waals surface area contributed by atoms with Gasteiger partial charge in [-0.05, 0) is 24.3 Å². The molecule has 0 aliphatic heterocycles. The summed E-state index contributed by atoms with van der Waals surface area (Å²) in [5, 5.41) is 5.60. The Kier molecular flexibility index (Phi) is 5.51. The number of amides is 2. The topological polar surface area (TPSA) is 62.3 Å². The van der Waals surface area contributed by atoms with Gasteiger partial charge in [0.1, 0.15) is 0 Å². The largest absolute Gasteiger partial charge is 0.315 e. The van der Waals surface area contributed by atoms with Gasteiger partial charge in [-0.25, -0.2) is 4.98 Å². The quantitative estimate of drug-likeness (QED) is 0.910. The number of nitrogens with one attached hydrogen (secondary N) is 1. The van der Waals surface area contributed by atoms with Crippen molar-refractivity contribution in [1.82, 2.24) is 4.98 Å². The van der Waals surface area contributed by atoms with Gasteiger partial charge in [-0.1, -0.05) is 18.5 Å². The van der Waals surface area contributed by atoms with Crippen LogP contribution >= 0.6 is 22.9 Å². The molecule has 5 nitrogen and oxygen atoms in total. The van der Waals surface area contributed by atoms with E-state index >= 15 is 0 Å². The Balaban J connectivity index is 1.99.